The van der Waals surface area contributed by atoms with Crippen molar-refractivity contribution in [2.75, 3.05) is 6.54 Å². The second-order valence-electron chi connectivity index (χ2n) is 10.1. The summed E-state index contributed by atoms with van der Waals surface area (Å²) in [4.78, 5) is 2.47. The lowest BCUT2D eigenvalue weighted by atomic mass is 9.79. The van der Waals surface area contributed by atoms with Gasteiger partial charge in [0, 0.05) is 18.7 Å². The lowest BCUT2D eigenvalue weighted by Gasteiger charge is -2.29. The van der Waals surface area contributed by atoms with E-state index < -0.39 is 0 Å². The largest absolute Gasteiger partial charge is 0.507 e. The monoisotopic (exact) mass is 381 g/mol. The van der Waals surface area contributed by atoms with Crippen LogP contribution in [0.2, 0.25) is 0 Å². The van der Waals surface area contributed by atoms with Gasteiger partial charge in [-0.25, -0.2) is 0 Å². The molecule has 0 spiro atoms. The molecular formula is C26H39NO. The minimum Gasteiger partial charge on any atom is -0.507 e. The number of phenolic OH excluding ortho intramolecular Hbond substituents is 1. The van der Waals surface area contributed by atoms with Gasteiger partial charge in [0.1, 0.15) is 5.75 Å². The Kier molecular flexibility index (Phi) is 7.33. The van der Waals surface area contributed by atoms with E-state index in [9.17, 15) is 5.11 Å². The summed E-state index contributed by atoms with van der Waals surface area (Å²) >= 11 is 0. The molecule has 0 amide bonds. The maximum atomic E-state index is 11.1. The molecule has 0 saturated heterocycles. The predicted octanol–water partition coefficient (Wildman–Crippen LogP) is 6.79. The number of phenols is 1. The van der Waals surface area contributed by atoms with Crippen LogP contribution in [0.25, 0.3) is 0 Å². The highest BCUT2D eigenvalue weighted by molar-refractivity contribution is 5.48. The first-order valence-electron chi connectivity index (χ1n) is 10.7. The Morgan fingerprint density at radius 2 is 1.50 bits per heavy atom. The van der Waals surface area contributed by atoms with E-state index in [4.69, 9.17) is 0 Å². The zero-order valence-corrected chi connectivity index (χ0v) is 19.0. The lowest BCUT2D eigenvalue weighted by molar-refractivity contribution is 0.248. The van der Waals surface area contributed by atoms with Crippen LogP contribution in [0.4, 0.5) is 0 Å². The molecule has 0 aliphatic heterocycles. The van der Waals surface area contributed by atoms with Crippen molar-refractivity contribution in [1.29, 1.82) is 0 Å². The average molecular weight is 382 g/mol. The summed E-state index contributed by atoms with van der Waals surface area (Å²) in [5.74, 6) is 0.468. The zero-order chi connectivity index (χ0) is 20.9. The fourth-order valence-corrected chi connectivity index (χ4v) is 3.50. The van der Waals surface area contributed by atoms with Gasteiger partial charge in [-0.3, -0.25) is 4.90 Å². The number of hydrogen-bond acceptors (Lipinski definition) is 2. The quantitative estimate of drug-likeness (QED) is 0.571. The fraction of sp³-hybridized carbons (Fsp3) is 0.538. The van der Waals surface area contributed by atoms with Crippen molar-refractivity contribution in [2.45, 2.75) is 85.2 Å². The smallest absolute Gasteiger partial charge is 0.123 e. The topological polar surface area (TPSA) is 23.5 Å². The Hall–Kier alpha value is -1.80. The molecule has 0 aromatic heterocycles. The van der Waals surface area contributed by atoms with Crippen molar-refractivity contribution in [3.05, 3.63) is 64.7 Å². The Morgan fingerprint density at radius 1 is 0.857 bits per heavy atom. The molecule has 0 aliphatic carbocycles. The second kappa shape index (κ2) is 9.13. The lowest BCUT2D eigenvalue weighted by Crippen LogP contribution is -2.25. The van der Waals surface area contributed by atoms with Gasteiger partial charge >= 0.3 is 0 Å². The second-order valence-corrected chi connectivity index (χ2v) is 10.1. The minimum atomic E-state index is -0.0895. The highest BCUT2D eigenvalue weighted by atomic mass is 16.3. The molecule has 0 fully saturated rings. The molecule has 2 aromatic rings. The molecule has 0 unspecified atom stereocenters. The highest BCUT2D eigenvalue weighted by Gasteiger charge is 2.25. The van der Waals surface area contributed by atoms with Gasteiger partial charge in [-0.2, -0.15) is 0 Å². The van der Waals surface area contributed by atoms with E-state index in [1.165, 1.54) is 24.0 Å². The summed E-state index contributed by atoms with van der Waals surface area (Å²) in [5, 5.41) is 11.1. The summed E-state index contributed by atoms with van der Waals surface area (Å²) in [6, 6.07) is 15.1. The first-order chi connectivity index (χ1) is 13.0. The number of aromatic hydroxyl groups is 1. The van der Waals surface area contributed by atoms with Crippen LogP contribution in [-0.4, -0.2) is 16.6 Å². The molecule has 28 heavy (non-hydrogen) atoms. The third kappa shape index (κ3) is 6.10. The number of hydrogen-bond donors (Lipinski definition) is 1. The summed E-state index contributed by atoms with van der Waals surface area (Å²) in [5.41, 5.74) is 4.67. The van der Waals surface area contributed by atoms with Gasteiger partial charge in [-0.1, -0.05) is 97.4 Å². The summed E-state index contributed by atoms with van der Waals surface area (Å²) in [6.07, 6.45) is 2.34. The first kappa shape index (κ1) is 22.5. The fourth-order valence-electron chi connectivity index (χ4n) is 3.50. The van der Waals surface area contributed by atoms with Crippen LogP contribution in [0.1, 0.15) is 83.6 Å². The molecule has 154 valence electrons. The SMILES string of the molecule is CCCCN(Cc1ccccc1)Cc1cc(C(C)(C)C)cc(C(C)(C)C)c1O. The minimum absolute atomic E-state index is 0.0517. The van der Waals surface area contributed by atoms with E-state index in [1.54, 1.807) is 0 Å². The summed E-state index contributed by atoms with van der Waals surface area (Å²) in [6.45, 7) is 18.2. The number of unbranched alkanes of at least 4 members (excludes halogenated alkanes) is 1. The predicted molar refractivity (Wildman–Crippen MR) is 121 cm³/mol. The number of nitrogens with zero attached hydrogens (tertiary/aromatic N) is 1. The van der Waals surface area contributed by atoms with Gasteiger partial charge in [0.05, 0.1) is 0 Å². The Bertz CT molecular complexity index is 750. The van der Waals surface area contributed by atoms with Crippen LogP contribution >= 0.6 is 0 Å². The van der Waals surface area contributed by atoms with E-state index in [0.29, 0.717) is 5.75 Å². The van der Waals surface area contributed by atoms with Gasteiger partial charge in [0.15, 0.2) is 0 Å². The normalized spacial score (nSPS) is 12.6. The van der Waals surface area contributed by atoms with Crippen LogP contribution in [0.15, 0.2) is 42.5 Å². The molecule has 0 saturated carbocycles. The molecule has 0 atom stereocenters. The zero-order valence-electron chi connectivity index (χ0n) is 19.0. The summed E-state index contributed by atoms with van der Waals surface area (Å²) in [7, 11) is 0. The standard InChI is InChI=1S/C26H39NO/c1-8-9-15-27(18-20-13-11-10-12-14-20)19-21-16-22(25(2,3)4)17-23(24(21)28)26(5,6)7/h10-14,16-17,28H,8-9,15,18-19H2,1-7H3. The molecule has 2 aromatic carbocycles. The molecule has 2 rings (SSSR count). The molecule has 0 bridgehead atoms. The van der Waals surface area contributed by atoms with E-state index in [1.807, 2.05) is 0 Å². The Morgan fingerprint density at radius 3 is 2.04 bits per heavy atom. The van der Waals surface area contributed by atoms with Gasteiger partial charge in [-0.05, 0) is 40.5 Å². The Labute approximate surface area is 172 Å². The van der Waals surface area contributed by atoms with Crippen molar-refractivity contribution in [3.63, 3.8) is 0 Å². The molecule has 2 heteroatoms. The van der Waals surface area contributed by atoms with Crippen LogP contribution in [0, 0.1) is 0 Å². The van der Waals surface area contributed by atoms with Crippen molar-refractivity contribution >= 4 is 0 Å². The van der Waals surface area contributed by atoms with Gasteiger partial charge < -0.3 is 5.11 Å². The third-order valence-electron chi connectivity index (χ3n) is 5.33. The van der Waals surface area contributed by atoms with Gasteiger partial charge in [0.2, 0.25) is 0 Å². The Balaban J connectivity index is 2.41. The maximum Gasteiger partial charge on any atom is 0.123 e. The van der Waals surface area contributed by atoms with Gasteiger partial charge in [-0.15, -0.1) is 0 Å². The molecule has 2 nitrogen and oxygen atoms in total. The summed E-state index contributed by atoms with van der Waals surface area (Å²) < 4.78 is 0. The van der Waals surface area contributed by atoms with Crippen LogP contribution in [-0.2, 0) is 23.9 Å². The van der Waals surface area contributed by atoms with E-state index >= 15 is 0 Å². The van der Waals surface area contributed by atoms with Crippen molar-refractivity contribution in [2.24, 2.45) is 0 Å². The van der Waals surface area contributed by atoms with Crippen molar-refractivity contribution in [3.8, 4) is 5.75 Å². The molecule has 0 aliphatic rings. The number of benzene rings is 2. The van der Waals surface area contributed by atoms with Crippen LogP contribution in [0.3, 0.4) is 0 Å². The molecular weight excluding hydrogens is 342 g/mol. The number of rotatable bonds is 7. The van der Waals surface area contributed by atoms with Crippen molar-refractivity contribution in [1.82, 2.24) is 4.90 Å². The molecule has 0 heterocycles. The van der Waals surface area contributed by atoms with E-state index in [2.05, 4.69) is 95.8 Å². The third-order valence-corrected chi connectivity index (χ3v) is 5.33. The van der Waals surface area contributed by atoms with Crippen molar-refractivity contribution < 1.29 is 5.11 Å². The van der Waals surface area contributed by atoms with E-state index in [-0.39, 0.29) is 10.8 Å². The highest BCUT2D eigenvalue weighted by Crippen LogP contribution is 2.38. The first-order valence-corrected chi connectivity index (χ1v) is 10.7. The van der Waals surface area contributed by atoms with Crippen LogP contribution < -0.4 is 0 Å². The van der Waals surface area contributed by atoms with Crippen LogP contribution in [0.5, 0.6) is 5.75 Å². The molecule has 1 N–H and O–H groups in total. The van der Waals surface area contributed by atoms with E-state index in [0.717, 1.165) is 30.8 Å². The average Bonchev–Trinajstić information content (AvgIpc) is 2.60. The van der Waals surface area contributed by atoms with Gasteiger partial charge in [0.25, 0.3) is 0 Å². The maximum absolute atomic E-state index is 11.1. The molecule has 0 radical (unpaired) electrons.